The number of rotatable bonds is 4. The highest BCUT2D eigenvalue weighted by Crippen LogP contribution is 2.23. The van der Waals surface area contributed by atoms with Crippen LogP contribution < -0.4 is 9.64 Å². The number of hydrogen-bond acceptors (Lipinski definition) is 6. The van der Waals surface area contributed by atoms with Crippen LogP contribution >= 0.6 is 0 Å². The smallest absolute Gasteiger partial charge is 0.215 e. The molecule has 3 heterocycles. The van der Waals surface area contributed by atoms with Crippen LogP contribution in [0.3, 0.4) is 0 Å². The van der Waals surface area contributed by atoms with Crippen LogP contribution in [0.2, 0.25) is 0 Å². The Hall–Kier alpha value is -3.53. The van der Waals surface area contributed by atoms with E-state index < -0.39 is 5.82 Å². The van der Waals surface area contributed by atoms with Crippen LogP contribution in [0, 0.1) is 17.1 Å². The first-order valence-electron chi connectivity index (χ1n) is 7.60. The van der Waals surface area contributed by atoms with Gasteiger partial charge in [0.15, 0.2) is 0 Å². The van der Waals surface area contributed by atoms with E-state index in [0.717, 1.165) is 17.1 Å². The molecule has 0 fully saturated rings. The molecule has 0 N–H and O–H groups in total. The van der Waals surface area contributed by atoms with E-state index in [2.05, 4.69) is 15.2 Å². The Labute approximate surface area is 143 Å². The lowest BCUT2D eigenvalue weighted by Crippen LogP contribution is -2.18. The number of anilines is 1. The maximum Gasteiger partial charge on any atom is 0.215 e. The molecule has 122 valence electrons. The molecular formula is C18H12FN5O. The highest BCUT2D eigenvalue weighted by molar-refractivity contribution is 6.22. The predicted molar refractivity (Wildman–Crippen MR) is 91.0 cm³/mol. The Kier molecular flexibility index (Phi) is 3.71. The number of pyridine rings is 1. The first-order valence-corrected chi connectivity index (χ1v) is 7.60. The van der Waals surface area contributed by atoms with Gasteiger partial charge in [-0.3, -0.25) is 0 Å². The Morgan fingerprint density at radius 3 is 3.00 bits per heavy atom. The molecule has 0 saturated carbocycles. The van der Waals surface area contributed by atoms with Crippen LogP contribution in [-0.2, 0) is 6.61 Å². The molecule has 7 heteroatoms. The number of halogens is 1. The average molecular weight is 333 g/mol. The maximum absolute atomic E-state index is 13.9. The molecule has 0 bridgehead atoms. The van der Waals surface area contributed by atoms with Gasteiger partial charge in [0.2, 0.25) is 5.88 Å². The summed E-state index contributed by atoms with van der Waals surface area (Å²) in [6.07, 6.45) is 3.64. The fraction of sp³-hybridized carbons (Fsp3) is 0.111. The van der Waals surface area contributed by atoms with E-state index in [1.165, 1.54) is 6.07 Å². The molecule has 0 atom stereocenters. The second-order valence-corrected chi connectivity index (χ2v) is 5.54. The Morgan fingerprint density at radius 2 is 2.20 bits per heavy atom. The lowest BCUT2D eigenvalue weighted by atomic mass is 10.1. The number of benzene rings is 1. The minimum Gasteiger partial charge on any atom is -0.473 e. The summed E-state index contributed by atoms with van der Waals surface area (Å²) in [5.41, 5.74) is 2.54. The highest BCUT2D eigenvalue weighted by atomic mass is 19.1. The van der Waals surface area contributed by atoms with E-state index in [9.17, 15) is 4.39 Å². The van der Waals surface area contributed by atoms with Crippen LogP contribution in [0.25, 0.3) is 0 Å². The summed E-state index contributed by atoms with van der Waals surface area (Å²) in [5.74, 6) is 0.646. The molecule has 0 spiro atoms. The largest absolute Gasteiger partial charge is 0.473 e. The molecule has 2 aliphatic rings. The Bertz CT molecular complexity index is 974. The summed E-state index contributed by atoms with van der Waals surface area (Å²) in [5, 5.41) is 16.7. The summed E-state index contributed by atoms with van der Waals surface area (Å²) in [6, 6.07) is 11.6. The maximum atomic E-state index is 13.9. The molecule has 0 amide bonds. The van der Waals surface area contributed by atoms with Crippen LogP contribution in [0.5, 0.6) is 5.88 Å². The summed E-state index contributed by atoms with van der Waals surface area (Å²) in [7, 11) is 0. The zero-order chi connectivity index (χ0) is 17.2. The van der Waals surface area contributed by atoms with Gasteiger partial charge in [0.25, 0.3) is 0 Å². The van der Waals surface area contributed by atoms with E-state index in [0.29, 0.717) is 18.0 Å². The number of hydrogen-bond donors (Lipinski definition) is 0. The van der Waals surface area contributed by atoms with Gasteiger partial charge in [0, 0.05) is 23.4 Å². The van der Waals surface area contributed by atoms with Crippen LogP contribution in [-0.4, -0.2) is 23.5 Å². The van der Waals surface area contributed by atoms with Gasteiger partial charge in [-0.05, 0) is 18.2 Å². The normalized spacial score (nSPS) is 14.8. The quantitative estimate of drug-likeness (QED) is 0.862. The molecule has 2 aromatic rings. The number of nitrogens with zero attached hydrogens (tertiary/aromatic N) is 5. The lowest BCUT2D eigenvalue weighted by Gasteiger charge is -2.15. The Morgan fingerprint density at radius 1 is 1.28 bits per heavy atom. The van der Waals surface area contributed by atoms with Crippen molar-refractivity contribution >= 4 is 17.7 Å². The predicted octanol–water partition coefficient (Wildman–Crippen LogP) is 2.82. The third-order valence-corrected chi connectivity index (χ3v) is 3.88. The van der Waals surface area contributed by atoms with Gasteiger partial charge in [-0.25, -0.2) is 4.39 Å². The molecule has 6 nitrogen and oxygen atoms in total. The van der Waals surface area contributed by atoms with Gasteiger partial charge >= 0.3 is 0 Å². The molecule has 2 aliphatic heterocycles. The second-order valence-electron chi connectivity index (χ2n) is 5.54. The van der Waals surface area contributed by atoms with Crippen molar-refractivity contribution in [3.8, 4) is 11.9 Å². The summed E-state index contributed by atoms with van der Waals surface area (Å²) < 4.78 is 19.5. The number of aromatic nitrogens is 1. The first-order chi connectivity index (χ1) is 12.2. The van der Waals surface area contributed by atoms with Gasteiger partial charge in [0.1, 0.15) is 18.2 Å². The SMILES string of the molecule is N#Cc1ccc(COc2cccc(N3C=C4C=NN=C4C3)n2)c(F)c1. The number of ether oxygens (including phenoxy) is 1. The van der Waals surface area contributed by atoms with Gasteiger partial charge in [-0.15, -0.1) is 0 Å². The molecule has 1 aromatic carbocycles. The molecule has 0 saturated heterocycles. The van der Waals surface area contributed by atoms with Gasteiger partial charge < -0.3 is 9.64 Å². The minimum absolute atomic E-state index is 0.0362. The lowest BCUT2D eigenvalue weighted by molar-refractivity contribution is 0.288. The molecule has 4 rings (SSSR count). The number of nitriles is 1. The van der Waals surface area contributed by atoms with E-state index in [1.807, 2.05) is 29.3 Å². The fourth-order valence-corrected chi connectivity index (χ4v) is 2.58. The Balaban J connectivity index is 1.48. The summed E-state index contributed by atoms with van der Waals surface area (Å²) >= 11 is 0. The van der Waals surface area contributed by atoms with Gasteiger partial charge in [-0.2, -0.15) is 20.4 Å². The standard InChI is InChI=1S/C18H12FN5O/c19-15-6-12(7-20)4-5-13(15)11-25-18-3-1-2-17(22-18)24-9-14-8-21-23-16(14)10-24/h1-6,8-9H,10-11H2. The molecular weight excluding hydrogens is 321 g/mol. The second kappa shape index (κ2) is 6.17. The average Bonchev–Trinajstić information content (AvgIpc) is 3.23. The minimum atomic E-state index is -0.468. The van der Waals surface area contributed by atoms with Crippen molar-refractivity contribution < 1.29 is 9.13 Å². The van der Waals surface area contributed by atoms with Crippen molar-refractivity contribution in [3.05, 3.63) is 65.1 Å². The van der Waals surface area contributed by atoms with Crippen molar-refractivity contribution in [1.29, 1.82) is 5.26 Å². The van der Waals surface area contributed by atoms with Crippen molar-refractivity contribution in [3.63, 3.8) is 0 Å². The highest BCUT2D eigenvalue weighted by Gasteiger charge is 2.23. The fourth-order valence-electron chi connectivity index (χ4n) is 2.58. The molecule has 1 aromatic heterocycles. The first kappa shape index (κ1) is 15.0. The monoisotopic (exact) mass is 333 g/mol. The topological polar surface area (TPSA) is 73.9 Å². The van der Waals surface area contributed by atoms with Crippen molar-refractivity contribution in [1.82, 2.24) is 4.98 Å². The molecule has 0 aliphatic carbocycles. The molecule has 0 radical (unpaired) electrons. The zero-order valence-corrected chi connectivity index (χ0v) is 13.1. The zero-order valence-electron chi connectivity index (χ0n) is 13.1. The van der Waals surface area contributed by atoms with Gasteiger partial charge in [0.05, 0.1) is 30.1 Å². The molecule has 0 unspecified atom stereocenters. The van der Waals surface area contributed by atoms with E-state index >= 15 is 0 Å². The van der Waals surface area contributed by atoms with Crippen LogP contribution in [0.15, 0.2) is 58.4 Å². The summed E-state index contributed by atoms with van der Waals surface area (Å²) in [6.45, 7) is 0.643. The molecule has 25 heavy (non-hydrogen) atoms. The third-order valence-electron chi connectivity index (χ3n) is 3.88. The van der Waals surface area contributed by atoms with Crippen molar-refractivity contribution in [2.45, 2.75) is 6.61 Å². The van der Waals surface area contributed by atoms with Crippen molar-refractivity contribution in [2.75, 3.05) is 11.4 Å². The van der Waals surface area contributed by atoms with Gasteiger partial charge in [-0.1, -0.05) is 12.1 Å². The summed E-state index contributed by atoms with van der Waals surface area (Å²) in [4.78, 5) is 6.40. The van der Waals surface area contributed by atoms with Crippen LogP contribution in [0.1, 0.15) is 11.1 Å². The van der Waals surface area contributed by atoms with Crippen LogP contribution in [0.4, 0.5) is 10.2 Å². The third kappa shape index (κ3) is 2.97. The van der Waals surface area contributed by atoms with E-state index in [-0.39, 0.29) is 12.2 Å². The van der Waals surface area contributed by atoms with Crippen molar-refractivity contribution in [2.24, 2.45) is 10.2 Å². The van der Waals surface area contributed by atoms with E-state index in [4.69, 9.17) is 10.00 Å². The number of fused-ring (bicyclic) bond motifs is 1. The van der Waals surface area contributed by atoms with E-state index in [1.54, 1.807) is 24.4 Å².